The third kappa shape index (κ3) is 5.31. The average molecular weight is 596 g/mol. The van der Waals surface area contributed by atoms with Crippen molar-refractivity contribution in [2.45, 2.75) is 55.3 Å². The van der Waals surface area contributed by atoms with Gasteiger partial charge in [-0.3, -0.25) is 4.79 Å². The fourth-order valence-corrected chi connectivity index (χ4v) is 4.69. The maximum atomic E-state index is 13.5. The summed E-state index contributed by atoms with van der Waals surface area (Å²) in [5.74, 6) is -3.33. The molecule has 9 atom stereocenters. The first-order valence-electron chi connectivity index (χ1n) is 12.6. The fourth-order valence-electron chi connectivity index (χ4n) is 4.69. The van der Waals surface area contributed by atoms with E-state index in [0.717, 1.165) is 24.3 Å². The van der Waals surface area contributed by atoms with Gasteiger partial charge in [-0.25, -0.2) is 0 Å². The highest BCUT2D eigenvalue weighted by molar-refractivity contribution is 5.88. The number of aliphatic hydroxyl groups excluding tert-OH is 6. The van der Waals surface area contributed by atoms with Gasteiger partial charge < -0.3 is 74.4 Å². The van der Waals surface area contributed by atoms with Gasteiger partial charge in [0.15, 0.2) is 23.5 Å². The highest BCUT2D eigenvalue weighted by Crippen LogP contribution is 2.39. The summed E-state index contributed by atoms with van der Waals surface area (Å²) in [6.07, 6.45) is -14.6. The SMILES string of the molecule is O=c1c(O[C@@H]2O[C@H](CO[C@@H]3O[C@H](CO)[C@@H](O)[C@@H]3O)[C@@H](O)[C@H](O)[C@H]2O)c(-c2ccc(O)c(O)c2)oc2cc(O)cc(O)c12. The Hall–Kier alpha value is -3.71. The lowest BCUT2D eigenvalue weighted by molar-refractivity contribution is -0.290. The average Bonchev–Trinajstić information content (AvgIpc) is 3.22. The molecule has 0 unspecified atom stereocenters. The Morgan fingerprint density at radius 1 is 0.738 bits per heavy atom. The smallest absolute Gasteiger partial charge is 0.239 e. The van der Waals surface area contributed by atoms with Crippen molar-refractivity contribution < 1.29 is 74.4 Å². The van der Waals surface area contributed by atoms with Crippen LogP contribution in [0.15, 0.2) is 39.5 Å². The van der Waals surface area contributed by atoms with Crippen LogP contribution in [-0.4, -0.2) is 120 Å². The molecule has 3 aromatic rings. The number of aromatic hydroxyl groups is 4. The number of benzene rings is 2. The highest BCUT2D eigenvalue weighted by atomic mass is 16.7. The van der Waals surface area contributed by atoms with Gasteiger partial charge >= 0.3 is 0 Å². The van der Waals surface area contributed by atoms with E-state index in [-0.39, 0.29) is 11.1 Å². The van der Waals surface area contributed by atoms with Crippen LogP contribution in [0.4, 0.5) is 0 Å². The molecule has 2 aliphatic heterocycles. The van der Waals surface area contributed by atoms with Crippen LogP contribution in [0, 0.1) is 0 Å². The molecule has 5 rings (SSSR count). The van der Waals surface area contributed by atoms with E-state index in [9.17, 15) is 55.9 Å². The lowest BCUT2D eigenvalue weighted by Gasteiger charge is -2.40. The minimum absolute atomic E-state index is 0.0303. The quantitative estimate of drug-likeness (QED) is 0.131. The number of rotatable bonds is 7. The molecule has 0 amide bonds. The van der Waals surface area contributed by atoms with Gasteiger partial charge in [-0.1, -0.05) is 0 Å². The van der Waals surface area contributed by atoms with Crippen molar-refractivity contribution >= 4 is 11.0 Å². The minimum atomic E-state index is -1.96. The maximum Gasteiger partial charge on any atom is 0.239 e. The summed E-state index contributed by atoms with van der Waals surface area (Å²) in [6.45, 7) is -1.21. The van der Waals surface area contributed by atoms with Crippen molar-refractivity contribution in [3.63, 3.8) is 0 Å². The molecule has 10 N–H and O–H groups in total. The van der Waals surface area contributed by atoms with Crippen molar-refractivity contribution in [1.82, 2.24) is 0 Å². The zero-order chi connectivity index (χ0) is 30.5. The molecule has 16 nitrogen and oxygen atoms in total. The first kappa shape index (κ1) is 29.8. The van der Waals surface area contributed by atoms with Gasteiger partial charge in [-0.05, 0) is 18.2 Å². The van der Waals surface area contributed by atoms with E-state index in [1.54, 1.807) is 0 Å². The molecule has 0 aliphatic carbocycles. The number of fused-ring (bicyclic) bond motifs is 1. The van der Waals surface area contributed by atoms with Crippen LogP contribution in [0.2, 0.25) is 0 Å². The van der Waals surface area contributed by atoms with Crippen molar-refractivity contribution in [3.8, 4) is 40.1 Å². The van der Waals surface area contributed by atoms with Crippen LogP contribution < -0.4 is 10.2 Å². The van der Waals surface area contributed by atoms with Gasteiger partial charge in [0.05, 0.1) is 13.2 Å². The van der Waals surface area contributed by atoms with E-state index in [0.29, 0.717) is 0 Å². The van der Waals surface area contributed by atoms with Gasteiger partial charge in [0.1, 0.15) is 65.2 Å². The van der Waals surface area contributed by atoms with Gasteiger partial charge in [0, 0.05) is 17.7 Å². The van der Waals surface area contributed by atoms with Gasteiger partial charge in [-0.2, -0.15) is 0 Å². The molecular formula is C26H28O16. The summed E-state index contributed by atoms with van der Waals surface area (Å²) in [4.78, 5) is 13.5. The third-order valence-corrected chi connectivity index (χ3v) is 6.98. The van der Waals surface area contributed by atoms with Crippen molar-refractivity contribution in [1.29, 1.82) is 0 Å². The zero-order valence-corrected chi connectivity index (χ0v) is 21.4. The summed E-state index contributed by atoms with van der Waals surface area (Å²) >= 11 is 0. The monoisotopic (exact) mass is 596 g/mol. The van der Waals surface area contributed by atoms with E-state index < -0.39 is 114 Å². The van der Waals surface area contributed by atoms with Gasteiger partial charge in [0.25, 0.3) is 0 Å². The molecule has 0 radical (unpaired) electrons. The maximum absolute atomic E-state index is 13.5. The number of phenols is 4. The Balaban J connectivity index is 1.48. The van der Waals surface area contributed by atoms with Crippen LogP contribution in [0.3, 0.4) is 0 Å². The normalized spacial score (nSPS) is 31.4. The third-order valence-electron chi connectivity index (χ3n) is 6.98. The van der Waals surface area contributed by atoms with E-state index in [1.165, 1.54) is 6.07 Å². The highest BCUT2D eigenvalue weighted by Gasteiger charge is 2.48. The summed E-state index contributed by atoms with van der Waals surface area (Å²) in [7, 11) is 0. The van der Waals surface area contributed by atoms with Crippen LogP contribution >= 0.6 is 0 Å². The molecule has 42 heavy (non-hydrogen) atoms. The van der Waals surface area contributed by atoms with Crippen molar-refractivity contribution in [2.75, 3.05) is 13.2 Å². The second-order valence-corrected chi connectivity index (χ2v) is 9.80. The molecule has 3 heterocycles. The molecule has 0 saturated carbocycles. The van der Waals surface area contributed by atoms with E-state index >= 15 is 0 Å². The molecule has 1 aromatic heterocycles. The molecule has 2 aromatic carbocycles. The Morgan fingerprint density at radius 3 is 2.07 bits per heavy atom. The number of ether oxygens (including phenoxy) is 4. The number of hydrogen-bond donors (Lipinski definition) is 10. The Kier molecular flexibility index (Phi) is 8.17. The van der Waals surface area contributed by atoms with E-state index in [1.807, 2.05) is 0 Å². The standard InChI is InChI=1S/C26H28O16/c27-6-14-17(32)21(36)25(40-14)38-7-15-18(33)20(35)22(37)26(41-15)42-24-19(34)16-12(31)4-9(28)5-13(16)39-23(24)8-1-2-10(29)11(30)3-8/h1-5,14-15,17-18,20-22,25-33,35-37H,6-7H2/t14-,15-,17-,18-,20+,21+,22-,25-,26+/m1/s1. The number of phenolic OH excluding ortho intramolecular Hbond substituents is 4. The topological polar surface area (TPSA) is 269 Å². The van der Waals surface area contributed by atoms with Crippen molar-refractivity contribution in [3.05, 3.63) is 40.6 Å². The Labute approximate surface area is 235 Å². The van der Waals surface area contributed by atoms with Gasteiger partial charge in [-0.15, -0.1) is 0 Å². The molecule has 2 saturated heterocycles. The largest absolute Gasteiger partial charge is 0.508 e. The summed E-state index contributed by atoms with van der Waals surface area (Å²) in [6, 6.07) is 5.23. The molecular weight excluding hydrogens is 568 g/mol. The van der Waals surface area contributed by atoms with E-state index in [2.05, 4.69) is 0 Å². The second kappa shape index (κ2) is 11.5. The van der Waals surface area contributed by atoms with Crippen LogP contribution in [-0.2, 0) is 14.2 Å². The summed E-state index contributed by atoms with van der Waals surface area (Å²) in [5, 5.41) is 100. The second-order valence-electron chi connectivity index (χ2n) is 9.80. The predicted octanol–water partition coefficient (Wildman–Crippen LogP) is -2.08. The van der Waals surface area contributed by atoms with E-state index in [4.69, 9.17) is 23.4 Å². The van der Waals surface area contributed by atoms with Crippen LogP contribution in [0.25, 0.3) is 22.3 Å². The Bertz CT molecular complexity index is 1510. The lowest BCUT2D eigenvalue weighted by Crippen LogP contribution is -2.60. The fraction of sp³-hybridized carbons (Fsp3) is 0.423. The number of aliphatic hydroxyl groups is 6. The summed E-state index contributed by atoms with van der Waals surface area (Å²) < 4.78 is 27.5. The summed E-state index contributed by atoms with van der Waals surface area (Å²) in [5.41, 5.74) is -1.35. The molecule has 0 bridgehead atoms. The molecule has 228 valence electrons. The first-order valence-corrected chi connectivity index (χ1v) is 12.6. The molecule has 0 spiro atoms. The van der Waals surface area contributed by atoms with Crippen molar-refractivity contribution in [2.24, 2.45) is 0 Å². The predicted molar refractivity (Wildman–Crippen MR) is 136 cm³/mol. The number of hydrogen-bond acceptors (Lipinski definition) is 16. The molecule has 2 aliphatic rings. The molecule has 2 fully saturated rings. The van der Waals surface area contributed by atoms with Crippen LogP contribution in [0.5, 0.6) is 28.7 Å². The van der Waals surface area contributed by atoms with Gasteiger partial charge in [0.2, 0.25) is 17.5 Å². The minimum Gasteiger partial charge on any atom is -0.508 e. The molecule has 16 heteroatoms. The first-order chi connectivity index (χ1) is 19.9. The zero-order valence-electron chi connectivity index (χ0n) is 21.4. The Morgan fingerprint density at radius 2 is 1.40 bits per heavy atom. The lowest BCUT2D eigenvalue weighted by atomic mass is 9.99. The van der Waals surface area contributed by atoms with Crippen LogP contribution in [0.1, 0.15) is 0 Å².